The van der Waals surface area contributed by atoms with Gasteiger partial charge in [0, 0.05) is 12.1 Å². The normalized spacial score (nSPS) is 21.1. The molecule has 2 aliphatic rings. The Kier molecular flexibility index (Phi) is 6.49. The van der Waals surface area contributed by atoms with Crippen molar-refractivity contribution in [3.63, 3.8) is 0 Å². The Morgan fingerprint density at radius 3 is 2.78 bits per heavy atom. The monoisotopic (exact) mass is 390 g/mol. The number of nitrogens with one attached hydrogen (secondary N) is 3. The van der Waals surface area contributed by atoms with Crippen LogP contribution in [-0.4, -0.2) is 22.2 Å². The van der Waals surface area contributed by atoms with Crippen molar-refractivity contribution in [2.24, 2.45) is 5.10 Å². The highest BCUT2D eigenvalue weighted by atomic mass is 32.2. The molecular formula is C19H23FN4O2S. The summed E-state index contributed by atoms with van der Waals surface area (Å²) >= 11 is 1.20. The number of para-hydroxylation sites is 1. The summed E-state index contributed by atoms with van der Waals surface area (Å²) in [5.74, 6) is -1.19. The minimum Gasteiger partial charge on any atom is -0.324 e. The minimum atomic E-state index is -0.583. The fourth-order valence-corrected chi connectivity index (χ4v) is 4.02. The van der Waals surface area contributed by atoms with Crippen LogP contribution < -0.4 is 16.1 Å². The molecule has 8 heteroatoms. The molecule has 0 radical (unpaired) electrons. The number of allylic oxidation sites excluding steroid dienone is 2. The number of hydrogen-bond acceptors (Lipinski definition) is 5. The van der Waals surface area contributed by atoms with Crippen molar-refractivity contribution in [3.05, 3.63) is 41.4 Å². The quantitative estimate of drug-likeness (QED) is 0.672. The van der Waals surface area contributed by atoms with Crippen molar-refractivity contribution >= 4 is 34.4 Å². The largest absolute Gasteiger partial charge is 0.324 e. The van der Waals surface area contributed by atoms with E-state index >= 15 is 0 Å². The Labute approximate surface area is 162 Å². The third-order valence-corrected chi connectivity index (χ3v) is 5.69. The highest BCUT2D eigenvalue weighted by Gasteiger charge is 2.32. The van der Waals surface area contributed by atoms with Crippen LogP contribution in [0.4, 0.5) is 10.1 Å². The number of hydrogen-bond donors (Lipinski definition) is 3. The maximum atomic E-state index is 13.6. The van der Waals surface area contributed by atoms with Gasteiger partial charge < -0.3 is 10.6 Å². The predicted octanol–water partition coefficient (Wildman–Crippen LogP) is 3.48. The third kappa shape index (κ3) is 5.32. The van der Waals surface area contributed by atoms with E-state index in [1.807, 2.05) is 6.92 Å². The van der Waals surface area contributed by atoms with E-state index in [1.54, 1.807) is 12.1 Å². The fourth-order valence-electron chi connectivity index (χ4n) is 3.09. The van der Waals surface area contributed by atoms with Crippen LogP contribution in [0.25, 0.3) is 0 Å². The lowest BCUT2D eigenvalue weighted by molar-refractivity contribution is -0.122. The first-order valence-corrected chi connectivity index (χ1v) is 9.95. The highest BCUT2D eigenvalue weighted by molar-refractivity contribution is 8.15. The van der Waals surface area contributed by atoms with Crippen LogP contribution in [0.2, 0.25) is 0 Å². The molecule has 27 heavy (non-hydrogen) atoms. The second-order valence-electron chi connectivity index (χ2n) is 6.65. The van der Waals surface area contributed by atoms with Crippen molar-refractivity contribution in [2.75, 3.05) is 5.32 Å². The molecule has 3 rings (SSSR count). The Morgan fingerprint density at radius 2 is 2.04 bits per heavy atom. The van der Waals surface area contributed by atoms with E-state index in [1.165, 1.54) is 48.7 Å². The van der Waals surface area contributed by atoms with Crippen molar-refractivity contribution in [2.45, 2.75) is 50.7 Å². The Morgan fingerprint density at radius 1 is 1.30 bits per heavy atom. The molecule has 1 unspecified atom stereocenters. The van der Waals surface area contributed by atoms with E-state index in [0.717, 1.165) is 18.5 Å². The highest BCUT2D eigenvalue weighted by Crippen LogP contribution is 2.26. The van der Waals surface area contributed by atoms with E-state index in [-0.39, 0.29) is 18.0 Å². The molecule has 0 bridgehead atoms. The molecule has 1 saturated heterocycles. The second kappa shape index (κ2) is 9.03. The average molecular weight is 390 g/mol. The van der Waals surface area contributed by atoms with Gasteiger partial charge in [-0.3, -0.25) is 15.0 Å². The number of amidine groups is 1. The summed E-state index contributed by atoms with van der Waals surface area (Å²) in [6.07, 6.45) is 5.80. The number of anilines is 1. The molecule has 1 aliphatic heterocycles. The molecular weight excluding hydrogens is 367 g/mol. The van der Waals surface area contributed by atoms with Crippen LogP contribution in [-0.2, 0) is 9.59 Å². The van der Waals surface area contributed by atoms with Crippen molar-refractivity contribution in [1.82, 2.24) is 10.7 Å². The van der Waals surface area contributed by atoms with Gasteiger partial charge in [0.05, 0.1) is 5.69 Å². The van der Waals surface area contributed by atoms with Gasteiger partial charge in [0.2, 0.25) is 11.8 Å². The molecule has 1 aromatic rings. The summed E-state index contributed by atoms with van der Waals surface area (Å²) in [7, 11) is 0. The number of rotatable bonds is 5. The van der Waals surface area contributed by atoms with E-state index in [4.69, 9.17) is 0 Å². The number of thioether (sulfide) groups is 1. The summed E-state index contributed by atoms with van der Waals surface area (Å²) < 4.78 is 13.6. The zero-order chi connectivity index (χ0) is 19.2. The first kappa shape index (κ1) is 19.4. The van der Waals surface area contributed by atoms with Gasteiger partial charge >= 0.3 is 0 Å². The number of carbonyl (C=O) groups is 2. The summed E-state index contributed by atoms with van der Waals surface area (Å²) in [5.41, 5.74) is 5.53. The molecule has 1 saturated carbocycles. The molecule has 2 amide bonds. The molecule has 2 fully saturated rings. The number of hydrazone groups is 1. The second-order valence-corrected chi connectivity index (χ2v) is 7.84. The average Bonchev–Trinajstić information content (AvgIpc) is 3.01. The van der Waals surface area contributed by atoms with Crippen LogP contribution >= 0.6 is 11.8 Å². The van der Waals surface area contributed by atoms with Crippen molar-refractivity contribution in [3.8, 4) is 0 Å². The van der Waals surface area contributed by atoms with Gasteiger partial charge in [-0.2, -0.15) is 5.10 Å². The molecule has 1 aromatic carbocycles. The molecule has 1 aliphatic carbocycles. The Balaban J connectivity index is 1.54. The maximum absolute atomic E-state index is 13.6. The number of amides is 2. The van der Waals surface area contributed by atoms with Gasteiger partial charge in [-0.25, -0.2) is 4.39 Å². The molecule has 0 aromatic heterocycles. The van der Waals surface area contributed by atoms with Gasteiger partial charge in [0.15, 0.2) is 5.17 Å². The van der Waals surface area contributed by atoms with E-state index < -0.39 is 17.0 Å². The van der Waals surface area contributed by atoms with Crippen LogP contribution in [0.5, 0.6) is 0 Å². The number of halogens is 1. The minimum absolute atomic E-state index is 0.0517. The fraction of sp³-hybridized carbons (Fsp3) is 0.421. The number of benzene rings is 1. The molecule has 144 valence electrons. The van der Waals surface area contributed by atoms with Gasteiger partial charge in [0.25, 0.3) is 0 Å². The topological polar surface area (TPSA) is 82.6 Å². The van der Waals surface area contributed by atoms with Crippen LogP contribution in [0.1, 0.15) is 45.4 Å². The SMILES string of the molecule is CC(NN=C1NC(=O)C(CC(=O)Nc2ccccc2F)S1)=C1CCCCC1. The first-order valence-electron chi connectivity index (χ1n) is 9.07. The zero-order valence-corrected chi connectivity index (χ0v) is 16.0. The summed E-state index contributed by atoms with van der Waals surface area (Å²) in [4.78, 5) is 24.2. The summed E-state index contributed by atoms with van der Waals surface area (Å²) in [5, 5.41) is 9.29. The van der Waals surface area contributed by atoms with Gasteiger partial charge in [0.1, 0.15) is 11.1 Å². The smallest absolute Gasteiger partial charge is 0.240 e. The van der Waals surface area contributed by atoms with Gasteiger partial charge in [-0.05, 0) is 50.3 Å². The van der Waals surface area contributed by atoms with E-state index in [2.05, 4.69) is 21.2 Å². The molecule has 0 spiro atoms. The first-order chi connectivity index (χ1) is 13.0. The summed E-state index contributed by atoms with van der Waals surface area (Å²) in [6.45, 7) is 1.99. The van der Waals surface area contributed by atoms with Crippen LogP contribution in [0.15, 0.2) is 40.6 Å². The lowest BCUT2D eigenvalue weighted by atomic mass is 9.94. The summed E-state index contributed by atoms with van der Waals surface area (Å²) in [6, 6.07) is 5.93. The van der Waals surface area contributed by atoms with Crippen molar-refractivity contribution in [1.29, 1.82) is 0 Å². The number of carbonyl (C=O) groups excluding carboxylic acids is 2. The zero-order valence-electron chi connectivity index (χ0n) is 15.2. The maximum Gasteiger partial charge on any atom is 0.240 e. The van der Waals surface area contributed by atoms with Crippen LogP contribution in [0, 0.1) is 5.82 Å². The van der Waals surface area contributed by atoms with Crippen molar-refractivity contribution < 1.29 is 14.0 Å². The lowest BCUT2D eigenvalue weighted by Crippen LogP contribution is -2.28. The Bertz CT molecular complexity index is 786. The molecule has 1 heterocycles. The predicted molar refractivity (Wildman–Crippen MR) is 106 cm³/mol. The lowest BCUT2D eigenvalue weighted by Gasteiger charge is -2.16. The van der Waals surface area contributed by atoms with Gasteiger partial charge in [-0.1, -0.05) is 30.3 Å². The van der Waals surface area contributed by atoms with E-state index in [0.29, 0.717) is 5.17 Å². The van der Waals surface area contributed by atoms with Crippen LogP contribution in [0.3, 0.4) is 0 Å². The third-order valence-electron chi connectivity index (χ3n) is 4.61. The Hall–Kier alpha value is -2.35. The molecule has 3 N–H and O–H groups in total. The van der Waals surface area contributed by atoms with Gasteiger partial charge in [-0.15, -0.1) is 0 Å². The van der Waals surface area contributed by atoms with E-state index in [9.17, 15) is 14.0 Å². The standard InChI is InChI=1S/C19H23FN4O2S/c1-12(13-7-3-2-4-8-13)23-24-19-22-18(26)16(27-19)11-17(25)21-15-10-6-5-9-14(15)20/h5-6,9-10,16,23H,2-4,7-8,11H2,1H3,(H,21,25)(H,22,24,26). The molecule has 1 atom stereocenters. The number of nitrogens with zero attached hydrogens (tertiary/aromatic N) is 1. The molecule has 6 nitrogen and oxygen atoms in total.